The summed E-state index contributed by atoms with van der Waals surface area (Å²) >= 11 is 0. The van der Waals surface area contributed by atoms with Crippen LogP contribution >= 0.6 is 0 Å². The van der Waals surface area contributed by atoms with Gasteiger partial charge in [0.1, 0.15) is 24.5 Å². The van der Waals surface area contributed by atoms with E-state index in [2.05, 4.69) is 21.3 Å². The van der Waals surface area contributed by atoms with Crippen LogP contribution in [0.25, 0.3) is 0 Å². The van der Waals surface area contributed by atoms with Crippen LogP contribution in [0.2, 0.25) is 0 Å². The second kappa shape index (κ2) is 26.9. The minimum atomic E-state index is -1.62. The van der Waals surface area contributed by atoms with E-state index in [1.807, 2.05) is 9.80 Å². The first-order valence-electron chi connectivity index (χ1n) is 19.3. The van der Waals surface area contributed by atoms with Crippen molar-refractivity contribution >= 4 is 41.9 Å². The Kier molecular flexibility index (Phi) is 23.3. The SMILES string of the molecule is CNC(=O)CN1CCC(NC(=O)[C@@H](CCC(=O)NCC[C@@H](O)[C@H](O)[C@H](O)CO)NC(=O)CN2CCN(CC=O)CCN(CC(=O)O)CCN(CC(=O)O)CC2)CC1. The van der Waals surface area contributed by atoms with Crippen molar-refractivity contribution in [3.8, 4) is 0 Å². The first kappa shape index (κ1) is 49.3. The van der Waals surface area contributed by atoms with E-state index in [0.717, 1.165) is 6.29 Å². The van der Waals surface area contributed by atoms with Gasteiger partial charge in [0.2, 0.25) is 23.6 Å². The van der Waals surface area contributed by atoms with Crippen molar-refractivity contribution < 1.29 is 64.2 Å². The van der Waals surface area contributed by atoms with E-state index in [-0.39, 0.29) is 103 Å². The number of likely N-dealkylation sites (N-methyl/N-ethyl adjacent to an activating group) is 1. The Bertz CT molecular complexity index is 1290. The molecule has 2 saturated heterocycles. The molecule has 4 amide bonds. The summed E-state index contributed by atoms with van der Waals surface area (Å²) in [4.78, 5) is 95.3. The van der Waals surface area contributed by atoms with E-state index in [9.17, 15) is 59.1 Å². The number of piperidine rings is 1. The molecule has 2 aliphatic heterocycles. The Labute approximate surface area is 332 Å². The van der Waals surface area contributed by atoms with E-state index >= 15 is 0 Å². The summed E-state index contributed by atoms with van der Waals surface area (Å²) in [5, 5.41) is 68.2. The van der Waals surface area contributed by atoms with Crippen molar-refractivity contribution in [2.24, 2.45) is 0 Å². The molecule has 0 aromatic rings. The fourth-order valence-electron chi connectivity index (χ4n) is 6.51. The highest BCUT2D eigenvalue weighted by Crippen LogP contribution is 2.12. The van der Waals surface area contributed by atoms with E-state index in [1.165, 1.54) is 0 Å². The number of carboxylic acid groups (broad SMARTS) is 2. The van der Waals surface area contributed by atoms with Gasteiger partial charge in [0.05, 0.1) is 45.4 Å². The lowest BCUT2D eigenvalue weighted by Crippen LogP contribution is -2.54. The van der Waals surface area contributed by atoms with Crippen LogP contribution in [0.4, 0.5) is 0 Å². The van der Waals surface area contributed by atoms with Gasteiger partial charge in [-0.25, -0.2) is 0 Å². The third kappa shape index (κ3) is 20.4. The van der Waals surface area contributed by atoms with E-state index in [4.69, 9.17) is 5.11 Å². The molecule has 57 heavy (non-hydrogen) atoms. The molecule has 10 N–H and O–H groups in total. The van der Waals surface area contributed by atoms with Crippen molar-refractivity contribution in [2.75, 3.05) is 118 Å². The first-order valence-corrected chi connectivity index (χ1v) is 19.3. The molecule has 0 radical (unpaired) electrons. The quantitative estimate of drug-likeness (QED) is 0.0455. The molecule has 0 saturated carbocycles. The van der Waals surface area contributed by atoms with Crippen molar-refractivity contribution in [3.63, 3.8) is 0 Å². The number of aliphatic carboxylic acids is 2. The minimum Gasteiger partial charge on any atom is -0.480 e. The van der Waals surface area contributed by atoms with Gasteiger partial charge < -0.3 is 56.7 Å². The standard InChI is InChI=1S/C35H63N9O13/c1-36-30(50)20-41-8-5-25(6-9-41)38-35(57)26(2-3-29(49)37-7-4-27(47)34(56)28(48)24-46)39-31(51)21-42-12-10-40(18-19-45)11-13-43(22-32(52)53)16-17-44(15-14-42)23-33(54)55/h19,25-28,34,46-48,56H,2-18,20-24H2,1H3,(H,36,50)(H,37,49)(H,38,57)(H,39,51)(H,52,53)(H,54,55)/t26-,27-,28-,34+/m1/s1. The second-order valence-electron chi connectivity index (χ2n) is 14.4. The molecule has 22 heteroatoms. The Morgan fingerprint density at radius 1 is 0.667 bits per heavy atom. The predicted molar refractivity (Wildman–Crippen MR) is 203 cm³/mol. The van der Waals surface area contributed by atoms with Crippen LogP contribution < -0.4 is 21.3 Å². The highest BCUT2D eigenvalue weighted by atomic mass is 16.4. The number of nitrogens with zero attached hydrogens (tertiary/aromatic N) is 5. The van der Waals surface area contributed by atoms with Crippen LogP contribution in [-0.2, 0) is 33.6 Å². The number of carbonyl (C=O) groups is 7. The number of aldehydes is 1. The molecule has 0 spiro atoms. The van der Waals surface area contributed by atoms with Crippen LogP contribution in [0.3, 0.4) is 0 Å². The van der Waals surface area contributed by atoms with Crippen molar-refractivity contribution in [2.45, 2.75) is 62.5 Å². The number of carboxylic acids is 2. The lowest BCUT2D eigenvalue weighted by atomic mass is 10.0. The van der Waals surface area contributed by atoms with Crippen LogP contribution in [0.5, 0.6) is 0 Å². The largest absolute Gasteiger partial charge is 0.480 e. The summed E-state index contributed by atoms with van der Waals surface area (Å²) in [5.74, 6) is -3.79. The van der Waals surface area contributed by atoms with E-state index < -0.39 is 60.6 Å². The van der Waals surface area contributed by atoms with Crippen molar-refractivity contribution in [1.82, 2.24) is 45.8 Å². The molecule has 2 rings (SSSR count). The topological polar surface area (TPSA) is 305 Å². The highest BCUT2D eigenvalue weighted by molar-refractivity contribution is 5.89. The lowest BCUT2D eigenvalue weighted by Gasteiger charge is -2.33. The molecule has 2 heterocycles. The third-order valence-electron chi connectivity index (χ3n) is 9.98. The first-order chi connectivity index (χ1) is 27.1. The van der Waals surface area contributed by atoms with E-state index in [0.29, 0.717) is 45.6 Å². The number of aliphatic hydroxyl groups excluding tert-OH is 4. The van der Waals surface area contributed by atoms with Gasteiger partial charge in [-0.1, -0.05) is 0 Å². The third-order valence-corrected chi connectivity index (χ3v) is 9.98. The summed E-state index contributed by atoms with van der Waals surface area (Å²) < 4.78 is 0. The number of rotatable bonds is 22. The molecular formula is C35H63N9O13. The van der Waals surface area contributed by atoms with Gasteiger partial charge in [0, 0.05) is 91.5 Å². The molecular weight excluding hydrogens is 754 g/mol. The normalized spacial score (nSPS) is 19.8. The average molecular weight is 818 g/mol. The Hall–Kier alpha value is -3.87. The molecule has 0 aromatic heterocycles. The fourth-order valence-corrected chi connectivity index (χ4v) is 6.51. The van der Waals surface area contributed by atoms with Gasteiger partial charge in [0.25, 0.3) is 0 Å². The maximum absolute atomic E-state index is 13.6. The van der Waals surface area contributed by atoms with Gasteiger partial charge >= 0.3 is 11.9 Å². The molecule has 2 aliphatic rings. The number of hydrogen-bond acceptors (Lipinski definition) is 16. The van der Waals surface area contributed by atoms with Gasteiger partial charge in [-0.3, -0.25) is 53.3 Å². The Morgan fingerprint density at radius 2 is 1.16 bits per heavy atom. The van der Waals surface area contributed by atoms with Crippen LogP contribution in [0.1, 0.15) is 32.1 Å². The number of nitrogens with one attached hydrogen (secondary N) is 4. The number of hydrogen-bond donors (Lipinski definition) is 10. The van der Waals surface area contributed by atoms with Crippen LogP contribution in [-0.4, -0.2) is 246 Å². The minimum absolute atomic E-state index is 0.0747. The zero-order valence-corrected chi connectivity index (χ0v) is 32.8. The van der Waals surface area contributed by atoms with Gasteiger partial charge in [0.15, 0.2) is 0 Å². The van der Waals surface area contributed by atoms with Crippen LogP contribution in [0, 0.1) is 0 Å². The summed E-state index contributed by atoms with van der Waals surface area (Å²) in [6, 6.07) is -1.39. The maximum Gasteiger partial charge on any atom is 0.317 e. The predicted octanol–water partition coefficient (Wildman–Crippen LogP) is -6.25. The summed E-state index contributed by atoms with van der Waals surface area (Å²) in [5.41, 5.74) is 0. The molecule has 22 nitrogen and oxygen atoms in total. The lowest BCUT2D eigenvalue weighted by molar-refractivity contribution is -0.140. The Morgan fingerprint density at radius 3 is 1.65 bits per heavy atom. The van der Waals surface area contributed by atoms with Crippen molar-refractivity contribution in [1.29, 1.82) is 0 Å². The summed E-state index contributed by atoms with van der Waals surface area (Å²) in [7, 11) is 1.55. The number of aliphatic hydroxyl groups is 4. The molecule has 2 fully saturated rings. The fraction of sp³-hybridized carbons (Fsp3) is 0.800. The number of likely N-dealkylation sites (tertiary alicyclic amines) is 1. The van der Waals surface area contributed by atoms with Gasteiger partial charge in [-0.2, -0.15) is 0 Å². The Balaban J connectivity index is 2.14. The molecule has 0 aliphatic carbocycles. The zero-order chi connectivity index (χ0) is 42.3. The highest BCUT2D eigenvalue weighted by Gasteiger charge is 2.29. The molecule has 0 bridgehead atoms. The van der Waals surface area contributed by atoms with E-state index in [1.54, 1.807) is 21.7 Å². The summed E-state index contributed by atoms with van der Waals surface area (Å²) in [6.07, 6.45) is -3.20. The molecule has 0 aromatic carbocycles. The van der Waals surface area contributed by atoms with Gasteiger partial charge in [-0.05, 0) is 25.7 Å². The maximum atomic E-state index is 13.6. The number of carbonyl (C=O) groups excluding carboxylic acids is 5. The van der Waals surface area contributed by atoms with Crippen molar-refractivity contribution in [3.05, 3.63) is 0 Å². The smallest absolute Gasteiger partial charge is 0.317 e. The van der Waals surface area contributed by atoms with Gasteiger partial charge in [-0.15, -0.1) is 0 Å². The average Bonchev–Trinajstić information content (AvgIpc) is 3.16. The molecule has 4 atom stereocenters. The van der Waals surface area contributed by atoms with Crippen LogP contribution in [0.15, 0.2) is 0 Å². The molecule has 0 unspecified atom stereocenters. The molecule has 326 valence electrons. The monoisotopic (exact) mass is 817 g/mol. The zero-order valence-electron chi connectivity index (χ0n) is 32.8. The summed E-state index contributed by atoms with van der Waals surface area (Å²) in [6.45, 7) is 2.06. The second-order valence-corrected chi connectivity index (χ2v) is 14.4. The number of amides is 4.